The molecule has 1 N–H and O–H groups in total. The van der Waals surface area contributed by atoms with E-state index < -0.39 is 0 Å². The minimum atomic E-state index is -0.321. The summed E-state index contributed by atoms with van der Waals surface area (Å²) in [7, 11) is 3.01. The van der Waals surface area contributed by atoms with Gasteiger partial charge in [0.1, 0.15) is 11.8 Å². The highest BCUT2D eigenvalue weighted by atomic mass is 35.5. The zero-order valence-corrected chi connectivity index (χ0v) is 16.0. The van der Waals surface area contributed by atoms with Crippen molar-refractivity contribution in [1.82, 2.24) is 0 Å². The maximum atomic E-state index is 12.2. The van der Waals surface area contributed by atoms with Gasteiger partial charge in [-0.2, -0.15) is 5.26 Å². The van der Waals surface area contributed by atoms with Crippen LogP contribution in [0.4, 0.5) is 5.69 Å². The molecule has 27 heavy (non-hydrogen) atoms. The monoisotopic (exact) mass is 386 g/mol. The molecule has 2 aromatic carbocycles. The van der Waals surface area contributed by atoms with Crippen molar-refractivity contribution in [2.75, 3.05) is 26.1 Å². The number of carbonyl (C=O) groups is 1. The Morgan fingerprint density at radius 1 is 1.19 bits per heavy atom. The van der Waals surface area contributed by atoms with Crippen molar-refractivity contribution in [1.29, 1.82) is 5.26 Å². The smallest absolute Gasteiger partial charge is 0.248 e. The number of ether oxygens (including phenoxy) is 3. The minimum Gasteiger partial charge on any atom is -0.495 e. The average Bonchev–Trinajstić information content (AvgIpc) is 2.67. The summed E-state index contributed by atoms with van der Waals surface area (Å²) in [5.74, 6) is 1.09. The molecule has 2 aromatic rings. The molecule has 0 radical (unpaired) electrons. The number of halogens is 1. The van der Waals surface area contributed by atoms with Gasteiger partial charge in [-0.1, -0.05) is 17.7 Å². The van der Waals surface area contributed by atoms with Gasteiger partial charge in [0.2, 0.25) is 5.91 Å². The molecule has 0 atom stereocenters. The third kappa shape index (κ3) is 5.40. The summed E-state index contributed by atoms with van der Waals surface area (Å²) in [6.45, 7) is 1.77. The zero-order valence-electron chi connectivity index (χ0n) is 15.2. The van der Waals surface area contributed by atoms with Crippen LogP contribution in [-0.4, -0.2) is 26.7 Å². The van der Waals surface area contributed by atoms with Crippen LogP contribution in [0, 0.1) is 18.3 Å². The molecule has 7 heteroatoms. The summed E-state index contributed by atoms with van der Waals surface area (Å²) in [6.07, 6.45) is 3.04. The maximum absolute atomic E-state index is 12.2. The van der Waals surface area contributed by atoms with Crippen molar-refractivity contribution in [2.45, 2.75) is 6.92 Å². The lowest BCUT2D eigenvalue weighted by Crippen LogP contribution is -2.09. The molecule has 0 bridgehead atoms. The molecule has 0 saturated heterocycles. The van der Waals surface area contributed by atoms with Gasteiger partial charge in [0.25, 0.3) is 0 Å². The van der Waals surface area contributed by atoms with E-state index in [1.807, 2.05) is 13.0 Å². The lowest BCUT2D eigenvalue weighted by atomic mass is 10.1. The summed E-state index contributed by atoms with van der Waals surface area (Å²) in [5.41, 5.74) is 2.10. The highest BCUT2D eigenvalue weighted by Gasteiger charge is 2.09. The van der Waals surface area contributed by atoms with E-state index >= 15 is 0 Å². The number of benzene rings is 2. The van der Waals surface area contributed by atoms with Crippen molar-refractivity contribution in [3.05, 3.63) is 52.6 Å². The second-order valence-electron chi connectivity index (χ2n) is 5.48. The Morgan fingerprint density at radius 3 is 2.59 bits per heavy atom. The number of nitrogens with zero attached hydrogens (tertiary/aromatic N) is 1. The van der Waals surface area contributed by atoms with E-state index in [0.717, 1.165) is 11.1 Å². The number of rotatable bonds is 7. The number of nitrogens with one attached hydrogen (secondary N) is 1. The Bertz CT molecular complexity index is 904. The molecule has 0 aliphatic heterocycles. The van der Waals surface area contributed by atoms with Gasteiger partial charge in [0.15, 0.2) is 18.1 Å². The van der Waals surface area contributed by atoms with E-state index in [2.05, 4.69) is 5.32 Å². The summed E-state index contributed by atoms with van der Waals surface area (Å²) in [5, 5.41) is 11.9. The van der Waals surface area contributed by atoms with Gasteiger partial charge >= 0.3 is 0 Å². The fraction of sp³-hybridized carbons (Fsp3) is 0.200. The number of methoxy groups -OCH3 is 2. The van der Waals surface area contributed by atoms with E-state index in [1.165, 1.54) is 20.3 Å². The van der Waals surface area contributed by atoms with E-state index in [-0.39, 0.29) is 12.5 Å². The SMILES string of the molecule is COc1cc(Cl)c(C)cc1NC(=O)/C=C/c1ccc(OCC#N)c(OC)c1. The topological polar surface area (TPSA) is 80.6 Å². The number of hydrogen-bond acceptors (Lipinski definition) is 5. The van der Waals surface area contributed by atoms with E-state index in [4.69, 9.17) is 31.1 Å². The average molecular weight is 387 g/mol. The molecule has 0 aliphatic rings. The first-order chi connectivity index (χ1) is 13.0. The first-order valence-corrected chi connectivity index (χ1v) is 8.37. The standard InChI is InChI=1S/C20H19ClN2O4/c1-13-10-16(18(25-2)12-15(13)21)23-20(24)7-5-14-4-6-17(27-9-8-22)19(11-14)26-3/h4-7,10-12H,9H2,1-3H3,(H,23,24)/b7-5+. The van der Waals surface area contributed by atoms with Gasteiger partial charge in [-0.15, -0.1) is 0 Å². The largest absolute Gasteiger partial charge is 0.495 e. The van der Waals surface area contributed by atoms with Crippen LogP contribution in [0.25, 0.3) is 6.08 Å². The van der Waals surface area contributed by atoms with Crippen LogP contribution < -0.4 is 19.5 Å². The predicted octanol–water partition coefficient (Wildman–Crippen LogP) is 4.22. The molecular formula is C20H19ClN2O4. The fourth-order valence-corrected chi connectivity index (χ4v) is 2.45. The Kier molecular flexibility index (Phi) is 7.09. The third-order valence-corrected chi connectivity index (χ3v) is 4.05. The van der Waals surface area contributed by atoms with Crippen molar-refractivity contribution in [2.24, 2.45) is 0 Å². The summed E-state index contributed by atoms with van der Waals surface area (Å²) in [6, 6.07) is 10.4. The summed E-state index contributed by atoms with van der Waals surface area (Å²) >= 11 is 6.07. The first kappa shape index (κ1) is 20.1. The zero-order chi connectivity index (χ0) is 19.8. The Labute approximate surface area is 162 Å². The summed E-state index contributed by atoms with van der Waals surface area (Å²) in [4.78, 5) is 12.2. The second kappa shape index (κ2) is 9.51. The minimum absolute atomic E-state index is 0.0731. The molecule has 0 aliphatic carbocycles. The van der Waals surface area contributed by atoms with Gasteiger partial charge in [0, 0.05) is 17.2 Å². The van der Waals surface area contributed by atoms with Crippen LogP contribution in [-0.2, 0) is 4.79 Å². The molecule has 0 spiro atoms. The van der Waals surface area contributed by atoms with Crippen molar-refractivity contribution < 1.29 is 19.0 Å². The van der Waals surface area contributed by atoms with E-state index in [1.54, 1.807) is 36.4 Å². The van der Waals surface area contributed by atoms with Gasteiger partial charge in [-0.25, -0.2) is 0 Å². The number of anilines is 1. The maximum Gasteiger partial charge on any atom is 0.248 e. The number of amides is 1. The van der Waals surface area contributed by atoms with E-state index in [9.17, 15) is 4.79 Å². The molecule has 0 aromatic heterocycles. The van der Waals surface area contributed by atoms with Gasteiger partial charge in [0.05, 0.1) is 19.9 Å². The van der Waals surface area contributed by atoms with E-state index in [0.29, 0.717) is 28.0 Å². The normalized spacial score (nSPS) is 10.3. The number of nitriles is 1. The van der Waals surface area contributed by atoms with Crippen LogP contribution in [0.5, 0.6) is 17.2 Å². The fourth-order valence-electron chi connectivity index (χ4n) is 2.29. The van der Waals surface area contributed by atoms with Crippen molar-refractivity contribution in [3.63, 3.8) is 0 Å². The molecule has 1 amide bonds. The van der Waals surface area contributed by atoms with Crippen molar-refractivity contribution >= 4 is 29.3 Å². The van der Waals surface area contributed by atoms with Gasteiger partial charge in [-0.3, -0.25) is 4.79 Å². The molecule has 0 heterocycles. The van der Waals surface area contributed by atoms with Crippen LogP contribution in [0.3, 0.4) is 0 Å². The predicted molar refractivity (Wildman–Crippen MR) is 105 cm³/mol. The van der Waals surface area contributed by atoms with Gasteiger partial charge in [-0.05, 0) is 42.3 Å². The molecule has 2 rings (SSSR count). The lowest BCUT2D eigenvalue weighted by Gasteiger charge is -2.11. The molecular weight excluding hydrogens is 368 g/mol. The Morgan fingerprint density at radius 2 is 1.93 bits per heavy atom. The van der Waals surface area contributed by atoms with Gasteiger partial charge < -0.3 is 19.5 Å². The van der Waals surface area contributed by atoms with Crippen LogP contribution in [0.2, 0.25) is 5.02 Å². The molecule has 140 valence electrons. The quantitative estimate of drug-likeness (QED) is 0.720. The number of hydrogen-bond donors (Lipinski definition) is 1. The lowest BCUT2D eigenvalue weighted by molar-refractivity contribution is -0.111. The molecule has 0 fully saturated rings. The molecule has 0 saturated carbocycles. The third-order valence-electron chi connectivity index (χ3n) is 3.65. The van der Waals surface area contributed by atoms with Crippen LogP contribution in [0.15, 0.2) is 36.4 Å². The molecule has 6 nitrogen and oxygen atoms in total. The number of aryl methyl sites for hydroxylation is 1. The second-order valence-corrected chi connectivity index (χ2v) is 5.89. The molecule has 0 unspecified atom stereocenters. The number of carbonyl (C=O) groups excluding carboxylic acids is 1. The van der Waals surface area contributed by atoms with Crippen LogP contribution >= 0.6 is 11.6 Å². The summed E-state index contributed by atoms with van der Waals surface area (Å²) < 4.78 is 15.8. The van der Waals surface area contributed by atoms with Crippen molar-refractivity contribution in [3.8, 4) is 23.3 Å². The van der Waals surface area contributed by atoms with Crippen LogP contribution in [0.1, 0.15) is 11.1 Å². The highest BCUT2D eigenvalue weighted by Crippen LogP contribution is 2.31. The first-order valence-electron chi connectivity index (χ1n) is 7.99. The Hall–Kier alpha value is -3.17. The highest BCUT2D eigenvalue weighted by molar-refractivity contribution is 6.31. The Balaban J connectivity index is 2.13.